The normalized spacial score (nSPS) is 14.5. The lowest BCUT2D eigenvalue weighted by Crippen LogP contribution is -2.12. The van der Waals surface area contributed by atoms with E-state index in [-0.39, 0.29) is 11.6 Å². The first-order valence-electron chi connectivity index (χ1n) is 6.14. The van der Waals surface area contributed by atoms with Crippen LogP contribution in [-0.4, -0.2) is 18.7 Å². The van der Waals surface area contributed by atoms with Gasteiger partial charge < -0.3 is 4.74 Å². The highest BCUT2D eigenvalue weighted by Crippen LogP contribution is 2.36. The zero-order valence-electron chi connectivity index (χ0n) is 10.7. The molecule has 0 aromatic heterocycles. The molecule has 0 atom stereocenters. The van der Waals surface area contributed by atoms with Gasteiger partial charge in [-0.15, -0.1) is 0 Å². The first kappa shape index (κ1) is 12.9. The lowest BCUT2D eigenvalue weighted by atomic mass is 9.94. The van der Waals surface area contributed by atoms with Crippen molar-refractivity contribution >= 4 is 23.2 Å². The monoisotopic (exact) mass is 286 g/mol. The van der Waals surface area contributed by atoms with Crippen LogP contribution in [0.2, 0.25) is 5.02 Å². The highest BCUT2D eigenvalue weighted by Gasteiger charge is 2.39. The maximum atomic E-state index is 12.4. The van der Waals surface area contributed by atoms with E-state index in [0.29, 0.717) is 27.5 Å². The Bertz CT molecular complexity index is 686. The Morgan fingerprint density at radius 2 is 1.60 bits per heavy atom. The van der Waals surface area contributed by atoms with Crippen LogP contribution in [-0.2, 0) is 0 Å². The summed E-state index contributed by atoms with van der Waals surface area (Å²) in [6, 6.07) is 11.9. The molecule has 100 valence electrons. The average Bonchev–Trinajstić information content (AvgIpc) is 2.72. The largest absolute Gasteiger partial charge is 0.495 e. The van der Waals surface area contributed by atoms with Gasteiger partial charge in [0.2, 0.25) is 0 Å². The van der Waals surface area contributed by atoms with Crippen molar-refractivity contribution in [3.05, 3.63) is 64.2 Å². The second-order valence-electron chi connectivity index (χ2n) is 4.60. The van der Waals surface area contributed by atoms with Crippen molar-refractivity contribution in [1.29, 1.82) is 0 Å². The molecule has 4 heteroatoms. The molecule has 0 saturated heterocycles. The number of fused-ring (bicyclic) bond motifs is 1. The zero-order chi connectivity index (χ0) is 14.3. The van der Waals surface area contributed by atoms with E-state index in [1.54, 1.807) is 42.5 Å². The molecule has 0 amide bonds. The van der Waals surface area contributed by atoms with Gasteiger partial charge in [0.05, 0.1) is 12.1 Å². The number of hydrogen-bond acceptors (Lipinski definition) is 3. The summed E-state index contributed by atoms with van der Waals surface area (Å²) < 4.78 is 5.14. The number of carbonyl (C=O) groups is 2. The summed E-state index contributed by atoms with van der Waals surface area (Å²) in [6.45, 7) is 0. The minimum Gasteiger partial charge on any atom is -0.495 e. The Morgan fingerprint density at radius 3 is 2.15 bits per heavy atom. The van der Waals surface area contributed by atoms with Crippen LogP contribution in [0.15, 0.2) is 42.5 Å². The number of ether oxygens (including phenoxy) is 1. The molecule has 2 aromatic carbocycles. The van der Waals surface area contributed by atoms with Crippen molar-refractivity contribution in [3.8, 4) is 5.75 Å². The molecule has 3 rings (SSSR count). The Hall–Kier alpha value is -2.13. The Labute approximate surface area is 121 Å². The number of carbonyl (C=O) groups excluding carboxylic acids is 2. The summed E-state index contributed by atoms with van der Waals surface area (Å²) in [5.41, 5.74) is 1.57. The van der Waals surface area contributed by atoms with Crippen LogP contribution in [0.3, 0.4) is 0 Å². The van der Waals surface area contributed by atoms with Crippen LogP contribution in [0.1, 0.15) is 32.2 Å². The summed E-state index contributed by atoms with van der Waals surface area (Å²) in [5.74, 6) is -0.677. The molecule has 1 aliphatic carbocycles. The molecule has 0 N–H and O–H groups in total. The van der Waals surface area contributed by atoms with Crippen molar-refractivity contribution in [1.82, 2.24) is 0 Å². The van der Waals surface area contributed by atoms with Gasteiger partial charge in [-0.05, 0) is 17.7 Å². The summed E-state index contributed by atoms with van der Waals surface area (Å²) >= 11 is 5.97. The van der Waals surface area contributed by atoms with Crippen LogP contribution in [0.5, 0.6) is 5.75 Å². The molecule has 2 aromatic rings. The number of ketones is 2. The van der Waals surface area contributed by atoms with Gasteiger partial charge in [0.15, 0.2) is 11.6 Å². The molecular weight excluding hydrogens is 276 g/mol. The van der Waals surface area contributed by atoms with Crippen LogP contribution < -0.4 is 4.74 Å². The predicted octanol–water partition coefficient (Wildman–Crippen LogP) is 3.51. The second kappa shape index (κ2) is 4.76. The first-order chi connectivity index (χ1) is 9.63. The van der Waals surface area contributed by atoms with Crippen molar-refractivity contribution in [2.75, 3.05) is 7.11 Å². The quantitative estimate of drug-likeness (QED) is 0.794. The summed E-state index contributed by atoms with van der Waals surface area (Å²) in [5, 5.41) is 0.451. The van der Waals surface area contributed by atoms with Gasteiger partial charge in [-0.3, -0.25) is 9.59 Å². The van der Waals surface area contributed by atoms with Crippen molar-refractivity contribution in [3.63, 3.8) is 0 Å². The molecule has 0 spiro atoms. The van der Waals surface area contributed by atoms with Gasteiger partial charge in [0, 0.05) is 11.1 Å². The Balaban J connectivity index is 2.09. The van der Waals surface area contributed by atoms with Gasteiger partial charge in [0.1, 0.15) is 11.7 Å². The van der Waals surface area contributed by atoms with Crippen LogP contribution in [0, 0.1) is 0 Å². The molecule has 0 saturated carbocycles. The highest BCUT2D eigenvalue weighted by molar-refractivity contribution is 6.32. The third kappa shape index (κ3) is 1.82. The van der Waals surface area contributed by atoms with Crippen molar-refractivity contribution in [2.24, 2.45) is 0 Å². The van der Waals surface area contributed by atoms with E-state index in [9.17, 15) is 9.59 Å². The molecule has 0 heterocycles. The third-order valence-corrected chi connectivity index (χ3v) is 3.80. The van der Waals surface area contributed by atoms with E-state index in [1.165, 1.54) is 7.11 Å². The van der Waals surface area contributed by atoms with E-state index in [0.717, 1.165) is 0 Å². The highest BCUT2D eigenvalue weighted by atomic mass is 35.5. The maximum absolute atomic E-state index is 12.4. The number of methoxy groups -OCH3 is 1. The fraction of sp³-hybridized carbons (Fsp3) is 0.125. The van der Waals surface area contributed by atoms with Crippen LogP contribution in [0.25, 0.3) is 0 Å². The Kier molecular flexibility index (Phi) is 3.07. The molecule has 0 radical (unpaired) electrons. The first-order valence-corrected chi connectivity index (χ1v) is 6.52. The number of benzene rings is 2. The zero-order valence-corrected chi connectivity index (χ0v) is 11.5. The van der Waals surface area contributed by atoms with Crippen molar-refractivity contribution < 1.29 is 14.3 Å². The molecule has 1 aliphatic rings. The summed E-state index contributed by atoms with van der Waals surface area (Å²) in [4.78, 5) is 24.8. The molecular formula is C16H11ClO3. The molecule has 0 unspecified atom stereocenters. The lowest BCUT2D eigenvalue weighted by molar-refractivity contribution is 0.0890. The van der Waals surface area contributed by atoms with E-state index >= 15 is 0 Å². The standard InChI is InChI=1S/C16H11ClO3/c1-20-13-8-9(6-7-12(13)17)14-15(18)10-4-2-3-5-11(10)16(14)19/h2-8,14H,1H3. The second-order valence-corrected chi connectivity index (χ2v) is 5.01. The minimum absolute atomic E-state index is 0.171. The fourth-order valence-corrected chi connectivity index (χ4v) is 2.70. The van der Waals surface area contributed by atoms with Gasteiger partial charge in [-0.25, -0.2) is 0 Å². The van der Waals surface area contributed by atoms with Crippen LogP contribution in [0.4, 0.5) is 0 Å². The number of Topliss-reactive ketones (excluding diaryl/α,β-unsaturated/α-hetero) is 2. The smallest absolute Gasteiger partial charge is 0.178 e. The van der Waals surface area contributed by atoms with Gasteiger partial charge in [-0.2, -0.15) is 0 Å². The van der Waals surface area contributed by atoms with Gasteiger partial charge >= 0.3 is 0 Å². The topological polar surface area (TPSA) is 43.4 Å². The van der Waals surface area contributed by atoms with E-state index in [1.807, 2.05) is 0 Å². The average molecular weight is 287 g/mol. The number of hydrogen-bond donors (Lipinski definition) is 0. The predicted molar refractivity (Wildman–Crippen MR) is 75.8 cm³/mol. The van der Waals surface area contributed by atoms with E-state index < -0.39 is 5.92 Å². The molecule has 0 fully saturated rings. The molecule has 20 heavy (non-hydrogen) atoms. The summed E-state index contributed by atoms with van der Waals surface area (Å²) in [7, 11) is 1.50. The molecule has 3 nitrogen and oxygen atoms in total. The van der Waals surface area contributed by atoms with E-state index in [2.05, 4.69) is 0 Å². The van der Waals surface area contributed by atoms with Crippen LogP contribution >= 0.6 is 11.6 Å². The van der Waals surface area contributed by atoms with Gasteiger partial charge in [-0.1, -0.05) is 41.9 Å². The minimum atomic E-state index is -0.793. The van der Waals surface area contributed by atoms with Gasteiger partial charge in [0.25, 0.3) is 0 Å². The van der Waals surface area contributed by atoms with E-state index in [4.69, 9.17) is 16.3 Å². The number of rotatable bonds is 2. The number of halogens is 1. The Morgan fingerprint density at radius 1 is 1.00 bits per heavy atom. The summed E-state index contributed by atoms with van der Waals surface area (Å²) in [6.07, 6.45) is 0. The maximum Gasteiger partial charge on any atom is 0.178 e. The third-order valence-electron chi connectivity index (χ3n) is 3.49. The SMILES string of the molecule is COc1cc(C2C(=O)c3ccccc3C2=O)ccc1Cl. The fourth-order valence-electron chi connectivity index (χ4n) is 2.50. The van der Waals surface area contributed by atoms with Crippen molar-refractivity contribution in [2.45, 2.75) is 5.92 Å². The molecule has 0 aliphatic heterocycles. The lowest BCUT2D eigenvalue weighted by Gasteiger charge is -2.10. The molecule has 0 bridgehead atoms.